The number of hydrogen-bond donors (Lipinski definition) is 1. The van der Waals surface area contributed by atoms with Crippen LogP contribution in [0.3, 0.4) is 0 Å². The maximum Gasteiger partial charge on any atom is 0.243 e. The van der Waals surface area contributed by atoms with Crippen LogP contribution in [0.1, 0.15) is 39.0 Å². The van der Waals surface area contributed by atoms with E-state index < -0.39 is 0 Å². The van der Waals surface area contributed by atoms with Crippen molar-refractivity contribution >= 4 is 12.6 Å². The van der Waals surface area contributed by atoms with Crippen LogP contribution < -0.4 is 5.43 Å². The van der Waals surface area contributed by atoms with Gasteiger partial charge in [0.2, 0.25) is 5.91 Å². The number of amides is 1. The van der Waals surface area contributed by atoms with E-state index in [9.17, 15) is 4.79 Å². The molecule has 1 saturated carbocycles. The number of hydrogen-bond acceptors (Lipinski definition) is 2. The van der Waals surface area contributed by atoms with Crippen molar-refractivity contribution in [1.82, 2.24) is 5.43 Å². The molecular weight excluding hydrogens is 164 g/mol. The van der Waals surface area contributed by atoms with E-state index >= 15 is 0 Å². The second kappa shape index (κ2) is 5.00. The van der Waals surface area contributed by atoms with E-state index in [-0.39, 0.29) is 11.8 Å². The minimum Gasteiger partial charge on any atom is -0.273 e. The first kappa shape index (κ1) is 10.2. The van der Waals surface area contributed by atoms with Gasteiger partial charge in [0.15, 0.2) is 0 Å². The zero-order valence-corrected chi connectivity index (χ0v) is 8.25. The number of carbonyl (C=O) groups excluding carboxylic acids is 1. The molecule has 13 heavy (non-hydrogen) atoms. The van der Waals surface area contributed by atoms with Crippen molar-refractivity contribution in [3.05, 3.63) is 0 Å². The van der Waals surface area contributed by atoms with Crippen molar-refractivity contribution in [2.45, 2.75) is 39.0 Å². The Balaban J connectivity index is 2.31. The van der Waals surface area contributed by atoms with Crippen LogP contribution in [0.25, 0.3) is 0 Å². The molecular formula is C10H18N2O. The van der Waals surface area contributed by atoms with Gasteiger partial charge in [-0.1, -0.05) is 13.3 Å². The Hall–Kier alpha value is -0.860. The topological polar surface area (TPSA) is 41.5 Å². The normalized spacial score (nSPS) is 28.1. The van der Waals surface area contributed by atoms with Crippen LogP contribution in [0.4, 0.5) is 0 Å². The van der Waals surface area contributed by atoms with Crippen LogP contribution in [0, 0.1) is 11.8 Å². The molecule has 1 aliphatic carbocycles. The SMILES string of the molecule is C=NNC(=O)C1CCC(CC)CC1. The Labute approximate surface area is 79.6 Å². The van der Waals surface area contributed by atoms with Crippen LogP contribution in [0.2, 0.25) is 0 Å². The zero-order valence-electron chi connectivity index (χ0n) is 8.25. The van der Waals surface area contributed by atoms with Gasteiger partial charge in [-0.05, 0) is 31.6 Å². The van der Waals surface area contributed by atoms with E-state index in [1.807, 2.05) is 0 Å². The summed E-state index contributed by atoms with van der Waals surface area (Å²) in [4.78, 5) is 11.3. The second-order valence-electron chi connectivity index (χ2n) is 3.76. The summed E-state index contributed by atoms with van der Waals surface area (Å²) in [5, 5.41) is 3.40. The molecule has 0 aromatic heterocycles. The van der Waals surface area contributed by atoms with E-state index in [0.717, 1.165) is 18.8 Å². The molecule has 0 radical (unpaired) electrons. The van der Waals surface area contributed by atoms with Gasteiger partial charge in [0.1, 0.15) is 0 Å². The minimum absolute atomic E-state index is 0.0459. The summed E-state index contributed by atoms with van der Waals surface area (Å²) < 4.78 is 0. The number of nitrogens with zero attached hydrogens (tertiary/aromatic N) is 1. The standard InChI is InChI=1S/C10H18N2O/c1-3-8-4-6-9(7-5-8)10(13)12-11-2/h8-9H,2-7H2,1H3,(H,12,13). The van der Waals surface area contributed by atoms with Gasteiger partial charge in [0.25, 0.3) is 0 Å². The third kappa shape index (κ3) is 2.83. The number of nitrogens with one attached hydrogen (secondary N) is 1. The van der Waals surface area contributed by atoms with Gasteiger partial charge in [-0.15, -0.1) is 0 Å². The summed E-state index contributed by atoms with van der Waals surface area (Å²) >= 11 is 0. The van der Waals surface area contributed by atoms with E-state index in [1.54, 1.807) is 0 Å². The van der Waals surface area contributed by atoms with Crippen molar-refractivity contribution in [3.63, 3.8) is 0 Å². The largest absolute Gasteiger partial charge is 0.273 e. The molecule has 0 aromatic rings. The van der Waals surface area contributed by atoms with Gasteiger partial charge in [-0.3, -0.25) is 4.79 Å². The van der Waals surface area contributed by atoms with Crippen molar-refractivity contribution in [3.8, 4) is 0 Å². The summed E-state index contributed by atoms with van der Waals surface area (Å²) in [6.07, 6.45) is 5.64. The highest BCUT2D eigenvalue weighted by molar-refractivity contribution is 5.78. The molecule has 1 amide bonds. The van der Waals surface area contributed by atoms with Crippen LogP contribution in [-0.2, 0) is 4.79 Å². The van der Waals surface area contributed by atoms with Crippen LogP contribution in [0.5, 0.6) is 0 Å². The van der Waals surface area contributed by atoms with Gasteiger partial charge >= 0.3 is 0 Å². The lowest BCUT2D eigenvalue weighted by Crippen LogP contribution is -2.29. The fraction of sp³-hybridized carbons (Fsp3) is 0.800. The average Bonchev–Trinajstić information content (AvgIpc) is 2.18. The monoisotopic (exact) mass is 182 g/mol. The molecule has 1 fully saturated rings. The van der Waals surface area contributed by atoms with E-state index in [0.29, 0.717) is 0 Å². The fourth-order valence-corrected chi connectivity index (χ4v) is 2.00. The Morgan fingerprint density at radius 1 is 1.46 bits per heavy atom. The molecule has 1 N–H and O–H groups in total. The average molecular weight is 182 g/mol. The highest BCUT2D eigenvalue weighted by Crippen LogP contribution is 2.30. The first-order valence-electron chi connectivity index (χ1n) is 5.03. The quantitative estimate of drug-likeness (QED) is 0.526. The lowest BCUT2D eigenvalue weighted by Gasteiger charge is -2.26. The molecule has 0 aromatic carbocycles. The molecule has 0 aliphatic heterocycles. The summed E-state index contributed by atoms with van der Waals surface area (Å²) in [6, 6.07) is 0. The highest BCUT2D eigenvalue weighted by Gasteiger charge is 2.24. The lowest BCUT2D eigenvalue weighted by atomic mass is 9.80. The Morgan fingerprint density at radius 3 is 2.54 bits per heavy atom. The van der Waals surface area contributed by atoms with Crippen LogP contribution in [0.15, 0.2) is 5.10 Å². The number of carbonyl (C=O) groups is 1. The molecule has 0 saturated heterocycles. The van der Waals surface area contributed by atoms with Crippen molar-refractivity contribution in [1.29, 1.82) is 0 Å². The summed E-state index contributed by atoms with van der Waals surface area (Å²) in [6.45, 7) is 5.46. The Bertz CT molecular complexity index is 183. The Morgan fingerprint density at radius 2 is 2.08 bits per heavy atom. The Kier molecular flexibility index (Phi) is 3.93. The minimum atomic E-state index is 0.0459. The van der Waals surface area contributed by atoms with Gasteiger partial charge in [0.05, 0.1) is 0 Å². The predicted molar refractivity (Wildman–Crippen MR) is 53.4 cm³/mol. The van der Waals surface area contributed by atoms with E-state index in [4.69, 9.17) is 0 Å². The van der Waals surface area contributed by atoms with Crippen molar-refractivity contribution in [2.75, 3.05) is 0 Å². The van der Waals surface area contributed by atoms with Crippen LogP contribution >= 0.6 is 0 Å². The molecule has 3 heteroatoms. The van der Waals surface area contributed by atoms with Crippen LogP contribution in [-0.4, -0.2) is 12.6 Å². The molecule has 0 heterocycles. The smallest absolute Gasteiger partial charge is 0.243 e. The molecule has 0 bridgehead atoms. The molecule has 74 valence electrons. The van der Waals surface area contributed by atoms with E-state index in [1.165, 1.54) is 19.3 Å². The molecule has 0 atom stereocenters. The fourth-order valence-electron chi connectivity index (χ4n) is 2.00. The molecule has 0 spiro atoms. The third-order valence-corrected chi connectivity index (χ3v) is 2.98. The van der Waals surface area contributed by atoms with Gasteiger partial charge < -0.3 is 0 Å². The van der Waals surface area contributed by atoms with E-state index in [2.05, 4.69) is 24.2 Å². The van der Waals surface area contributed by atoms with Gasteiger partial charge in [-0.2, -0.15) is 5.10 Å². The number of hydrazone groups is 1. The molecule has 0 unspecified atom stereocenters. The predicted octanol–water partition coefficient (Wildman–Crippen LogP) is 1.93. The maximum absolute atomic E-state index is 11.3. The zero-order chi connectivity index (χ0) is 9.68. The molecule has 3 nitrogen and oxygen atoms in total. The first-order valence-corrected chi connectivity index (χ1v) is 5.03. The number of rotatable bonds is 3. The first-order chi connectivity index (χ1) is 6.27. The third-order valence-electron chi connectivity index (χ3n) is 2.98. The molecule has 1 rings (SSSR count). The van der Waals surface area contributed by atoms with Gasteiger partial charge in [-0.25, -0.2) is 5.43 Å². The molecule has 1 aliphatic rings. The maximum atomic E-state index is 11.3. The second-order valence-corrected chi connectivity index (χ2v) is 3.76. The lowest BCUT2D eigenvalue weighted by molar-refractivity contribution is -0.126. The van der Waals surface area contributed by atoms with Crippen molar-refractivity contribution in [2.24, 2.45) is 16.9 Å². The van der Waals surface area contributed by atoms with Gasteiger partial charge in [0, 0.05) is 12.6 Å². The van der Waals surface area contributed by atoms with Crippen molar-refractivity contribution < 1.29 is 4.79 Å². The highest BCUT2D eigenvalue weighted by atomic mass is 16.2. The summed E-state index contributed by atoms with van der Waals surface area (Å²) in [7, 11) is 0. The summed E-state index contributed by atoms with van der Waals surface area (Å²) in [5.74, 6) is 1.05. The summed E-state index contributed by atoms with van der Waals surface area (Å²) in [5.41, 5.74) is 2.42.